The molecule has 0 aliphatic heterocycles. The predicted octanol–water partition coefficient (Wildman–Crippen LogP) is 5.73. The first-order valence-corrected chi connectivity index (χ1v) is 14.9. The van der Waals surface area contributed by atoms with Crippen molar-refractivity contribution in [2.24, 2.45) is 0 Å². The minimum atomic E-state index is -0.970. The van der Waals surface area contributed by atoms with E-state index in [1.54, 1.807) is 19.1 Å². The Labute approximate surface area is 270 Å². The van der Waals surface area contributed by atoms with Gasteiger partial charge in [-0.2, -0.15) is 0 Å². The molecule has 3 aromatic rings. The molecule has 8 heteroatoms. The molecule has 0 aliphatic rings. The van der Waals surface area contributed by atoms with Gasteiger partial charge >= 0.3 is 11.9 Å². The summed E-state index contributed by atoms with van der Waals surface area (Å²) < 4.78 is 22.0. The lowest BCUT2D eigenvalue weighted by Crippen LogP contribution is -2.26. The highest BCUT2D eigenvalue weighted by molar-refractivity contribution is 5.72. The predicted molar refractivity (Wildman–Crippen MR) is 176 cm³/mol. The second kappa shape index (κ2) is 20.6. The Morgan fingerprint density at radius 2 is 1.26 bits per heavy atom. The lowest BCUT2D eigenvalue weighted by molar-refractivity contribution is -0.150. The standard InChI is InChI=1S/C38H38O8/c1-2-44-36(38(41)42)29-33-17-21-35(22-18-33)46-26-8-4-6-10-31-13-11-30(12-14-31)9-5-3-7-25-45-34-19-15-32(16-20-34)23-27-43-28-24-37(39)40/h3-4,7-8,11-22,36H,2,23-29H2,1H3,(H,39,40)(H,41,42)/b7-3+,8-4+. The van der Waals surface area contributed by atoms with E-state index < -0.39 is 18.0 Å². The Bertz CT molecular complexity index is 1550. The van der Waals surface area contributed by atoms with Gasteiger partial charge in [0.1, 0.15) is 24.7 Å². The topological polar surface area (TPSA) is 112 Å². The maximum atomic E-state index is 11.2. The number of allylic oxidation sites excluding steroid dienone is 2. The van der Waals surface area contributed by atoms with E-state index in [9.17, 15) is 14.7 Å². The maximum absolute atomic E-state index is 11.2. The molecular weight excluding hydrogens is 584 g/mol. The van der Waals surface area contributed by atoms with Crippen molar-refractivity contribution in [2.45, 2.75) is 32.3 Å². The summed E-state index contributed by atoms with van der Waals surface area (Å²) in [6, 6.07) is 22.7. The molecule has 0 aliphatic carbocycles. The molecule has 2 N–H and O–H groups in total. The molecule has 0 aromatic heterocycles. The molecule has 1 atom stereocenters. The lowest BCUT2D eigenvalue weighted by Gasteiger charge is -2.12. The van der Waals surface area contributed by atoms with Gasteiger partial charge in [-0.15, -0.1) is 0 Å². The van der Waals surface area contributed by atoms with E-state index in [0.29, 0.717) is 45.0 Å². The molecule has 0 spiro atoms. The molecule has 0 bridgehead atoms. The molecule has 8 nitrogen and oxygen atoms in total. The average Bonchev–Trinajstić information content (AvgIpc) is 3.05. The maximum Gasteiger partial charge on any atom is 0.333 e. The summed E-state index contributed by atoms with van der Waals surface area (Å²) in [5, 5.41) is 17.8. The highest BCUT2D eigenvalue weighted by Crippen LogP contribution is 2.15. The van der Waals surface area contributed by atoms with Crippen LogP contribution in [0.15, 0.2) is 97.1 Å². The van der Waals surface area contributed by atoms with Crippen molar-refractivity contribution < 1.29 is 38.7 Å². The third kappa shape index (κ3) is 14.5. The summed E-state index contributed by atoms with van der Waals surface area (Å²) in [5.74, 6) is 11.8. The van der Waals surface area contributed by atoms with Gasteiger partial charge in [0.05, 0.1) is 19.6 Å². The van der Waals surface area contributed by atoms with Crippen LogP contribution in [0.2, 0.25) is 0 Å². The largest absolute Gasteiger partial charge is 0.490 e. The van der Waals surface area contributed by atoms with Crippen LogP contribution in [0.4, 0.5) is 0 Å². The Hall–Kier alpha value is -5.28. The van der Waals surface area contributed by atoms with Crippen LogP contribution in [0.3, 0.4) is 0 Å². The number of hydrogen-bond donors (Lipinski definition) is 2. The number of hydrogen-bond acceptors (Lipinski definition) is 6. The van der Waals surface area contributed by atoms with Crippen LogP contribution in [0.5, 0.6) is 11.5 Å². The zero-order chi connectivity index (χ0) is 32.8. The van der Waals surface area contributed by atoms with Crippen LogP contribution in [-0.2, 0) is 31.9 Å². The monoisotopic (exact) mass is 622 g/mol. The van der Waals surface area contributed by atoms with Crippen molar-refractivity contribution in [3.63, 3.8) is 0 Å². The Balaban J connectivity index is 1.32. The van der Waals surface area contributed by atoms with Crippen LogP contribution < -0.4 is 9.47 Å². The van der Waals surface area contributed by atoms with Crippen molar-refractivity contribution in [1.82, 2.24) is 0 Å². The van der Waals surface area contributed by atoms with Crippen molar-refractivity contribution in [1.29, 1.82) is 0 Å². The summed E-state index contributed by atoms with van der Waals surface area (Å²) in [7, 11) is 0. The van der Waals surface area contributed by atoms with E-state index in [-0.39, 0.29) is 13.0 Å². The van der Waals surface area contributed by atoms with Gasteiger partial charge in [-0.05, 0) is 97.3 Å². The highest BCUT2D eigenvalue weighted by Gasteiger charge is 2.17. The summed E-state index contributed by atoms with van der Waals surface area (Å²) in [4.78, 5) is 21.7. The summed E-state index contributed by atoms with van der Waals surface area (Å²) >= 11 is 0. The van der Waals surface area contributed by atoms with E-state index in [0.717, 1.165) is 28.0 Å². The third-order valence-electron chi connectivity index (χ3n) is 6.32. The van der Waals surface area contributed by atoms with Gasteiger partial charge in [-0.25, -0.2) is 4.79 Å². The molecule has 1 unspecified atom stereocenters. The molecule has 238 valence electrons. The van der Waals surface area contributed by atoms with Gasteiger partial charge in [0.2, 0.25) is 0 Å². The molecule has 3 aromatic carbocycles. The van der Waals surface area contributed by atoms with Gasteiger partial charge < -0.3 is 29.2 Å². The first-order valence-electron chi connectivity index (χ1n) is 14.9. The number of carboxylic acids is 2. The van der Waals surface area contributed by atoms with Crippen molar-refractivity contribution in [2.75, 3.05) is 33.0 Å². The summed E-state index contributed by atoms with van der Waals surface area (Å²) in [6.45, 7) is 3.58. The molecule has 46 heavy (non-hydrogen) atoms. The fraction of sp³-hybridized carbons (Fsp3) is 0.263. The molecule has 0 saturated heterocycles. The summed E-state index contributed by atoms with van der Waals surface area (Å²) in [6.07, 6.45) is 7.35. The van der Waals surface area contributed by atoms with Crippen molar-refractivity contribution in [3.05, 3.63) is 119 Å². The van der Waals surface area contributed by atoms with Crippen molar-refractivity contribution >= 4 is 11.9 Å². The van der Waals surface area contributed by atoms with Crippen LogP contribution in [0, 0.1) is 23.7 Å². The van der Waals surface area contributed by atoms with E-state index in [4.69, 9.17) is 24.1 Å². The first kappa shape index (κ1) is 35.2. The third-order valence-corrected chi connectivity index (χ3v) is 6.32. The number of ether oxygens (including phenoxy) is 4. The molecule has 0 amide bonds. The number of carboxylic acid groups (broad SMARTS) is 2. The normalized spacial score (nSPS) is 11.3. The van der Waals surface area contributed by atoms with Crippen LogP contribution in [0.1, 0.15) is 35.6 Å². The minimum Gasteiger partial charge on any atom is -0.490 e. The first-order chi connectivity index (χ1) is 22.4. The van der Waals surface area contributed by atoms with E-state index >= 15 is 0 Å². The number of aliphatic carboxylic acids is 2. The lowest BCUT2D eigenvalue weighted by atomic mass is 10.1. The fourth-order valence-electron chi connectivity index (χ4n) is 3.95. The number of benzene rings is 3. The number of rotatable bonds is 17. The highest BCUT2D eigenvalue weighted by atomic mass is 16.5. The zero-order valence-electron chi connectivity index (χ0n) is 25.8. The molecular formula is C38H38O8. The Morgan fingerprint density at radius 3 is 1.74 bits per heavy atom. The fourth-order valence-corrected chi connectivity index (χ4v) is 3.95. The molecule has 3 rings (SSSR count). The van der Waals surface area contributed by atoms with E-state index in [1.807, 2.05) is 84.9 Å². The van der Waals surface area contributed by atoms with Crippen LogP contribution >= 0.6 is 0 Å². The van der Waals surface area contributed by atoms with Crippen LogP contribution in [-0.4, -0.2) is 61.3 Å². The van der Waals surface area contributed by atoms with Gasteiger partial charge in [0.15, 0.2) is 6.10 Å². The minimum absolute atomic E-state index is 0.0140. The van der Waals surface area contributed by atoms with Crippen molar-refractivity contribution in [3.8, 4) is 35.2 Å². The smallest absolute Gasteiger partial charge is 0.333 e. The second-order valence-corrected chi connectivity index (χ2v) is 9.82. The van der Waals surface area contributed by atoms with E-state index in [2.05, 4.69) is 23.7 Å². The van der Waals surface area contributed by atoms with Gasteiger partial charge in [-0.1, -0.05) is 47.9 Å². The van der Waals surface area contributed by atoms with Gasteiger partial charge in [-0.3, -0.25) is 4.79 Å². The molecule has 0 heterocycles. The van der Waals surface area contributed by atoms with E-state index in [1.165, 1.54) is 0 Å². The SMILES string of the molecule is CCOC(Cc1ccc(OC/C=C/C#Cc2ccc(C#C/C=C/COc3ccc(CCOCCC(=O)O)cc3)cc2)cc1)C(=O)O. The van der Waals surface area contributed by atoms with Gasteiger partial charge in [0.25, 0.3) is 0 Å². The Kier molecular flexibility index (Phi) is 15.8. The molecule has 0 radical (unpaired) electrons. The quantitative estimate of drug-likeness (QED) is 0.145. The zero-order valence-corrected chi connectivity index (χ0v) is 25.8. The number of carbonyl (C=O) groups is 2. The Morgan fingerprint density at radius 1 is 0.739 bits per heavy atom. The molecule has 0 fully saturated rings. The van der Waals surface area contributed by atoms with Gasteiger partial charge in [0, 0.05) is 24.2 Å². The van der Waals surface area contributed by atoms with Crippen LogP contribution in [0.25, 0.3) is 0 Å². The average molecular weight is 623 g/mol. The summed E-state index contributed by atoms with van der Waals surface area (Å²) in [5.41, 5.74) is 3.71. The second-order valence-electron chi connectivity index (χ2n) is 9.82. The molecule has 0 saturated carbocycles.